The van der Waals surface area contributed by atoms with Crippen LogP contribution in [0.4, 0.5) is 0 Å². The number of carbonyl (C=O) groups is 1. The number of amides is 1. The van der Waals surface area contributed by atoms with Gasteiger partial charge in [-0.25, -0.2) is 0 Å². The molecule has 0 bridgehead atoms. The molecule has 6 heteroatoms. The van der Waals surface area contributed by atoms with Crippen LogP contribution in [0, 0.1) is 0 Å². The fourth-order valence-electron chi connectivity index (χ4n) is 3.42. The molecule has 1 aliphatic heterocycles. The second-order valence-corrected chi connectivity index (χ2v) is 6.66. The Morgan fingerprint density at radius 2 is 1.68 bits per heavy atom. The van der Waals surface area contributed by atoms with Gasteiger partial charge >= 0.3 is 0 Å². The van der Waals surface area contributed by atoms with E-state index in [1.807, 2.05) is 11.9 Å². The average molecular weight is 350 g/mol. The van der Waals surface area contributed by atoms with E-state index < -0.39 is 0 Å². The molecule has 0 unspecified atom stereocenters. The minimum atomic E-state index is -0.0548. The van der Waals surface area contributed by atoms with Crippen molar-refractivity contribution in [3.63, 3.8) is 0 Å². The first-order chi connectivity index (χ1) is 11.9. The van der Waals surface area contributed by atoms with Gasteiger partial charge in [-0.3, -0.25) is 4.79 Å². The van der Waals surface area contributed by atoms with E-state index in [0.717, 1.165) is 25.9 Å². The maximum atomic E-state index is 13.0. The van der Waals surface area contributed by atoms with Crippen LogP contribution in [0.25, 0.3) is 0 Å². The molecular weight excluding hydrogens is 320 g/mol. The van der Waals surface area contributed by atoms with Crippen LogP contribution in [-0.2, 0) is 0 Å². The zero-order valence-electron chi connectivity index (χ0n) is 16.2. The van der Waals surface area contributed by atoms with E-state index in [9.17, 15) is 4.79 Å². The summed E-state index contributed by atoms with van der Waals surface area (Å²) in [6, 6.07) is 4.26. The average Bonchev–Trinajstić information content (AvgIpc) is 2.65. The first-order valence-corrected chi connectivity index (χ1v) is 8.74. The fraction of sp³-hybridized carbons (Fsp3) is 0.632. The molecule has 1 heterocycles. The molecule has 6 nitrogen and oxygen atoms in total. The lowest BCUT2D eigenvalue weighted by Gasteiger charge is -2.38. The van der Waals surface area contributed by atoms with Gasteiger partial charge in [-0.05, 0) is 38.8 Å². The summed E-state index contributed by atoms with van der Waals surface area (Å²) in [7, 11) is 6.51. The van der Waals surface area contributed by atoms with Gasteiger partial charge in [0.2, 0.25) is 5.75 Å². The SMILES string of the molecule is COc1ccc(C(=O)N(C)C2CCN(C(C)C)CC2)c(OC)c1OC. The summed E-state index contributed by atoms with van der Waals surface area (Å²) in [6.07, 6.45) is 1.96. The number of ether oxygens (including phenoxy) is 3. The number of carbonyl (C=O) groups excluding carboxylic acids is 1. The minimum Gasteiger partial charge on any atom is -0.493 e. The molecule has 0 saturated carbocycles. The lowest BCUT2D eigenvalue weighted by molar-refractivity contribution is 0.0611. The predicted molar refractivity (Wildman–Crippen MR) is 97.9 cm³/mol. The molecule has 1 aliphatic rings. The molecule has 1 aromatic rings. The van der Waals surface area contributed by atoms with E-state index in [1.165, 1.54) is 7.11 Å². The van der Waals surface area contributed by atoms with Gasteiger partial charge in [-0.1, -0.05) is 0 Å². The number of hydrogen-bond acceptors (Lipinski definition) is 5. The van der Waals surface area contributed by atoms with Crippen molar-refractivity contribution in [3.8, 4) is 17.2 Å². The molecule has 0 atom stereocenters. The van der Waals surface area contributed by atoms with Crippen molar-refractivity contribution in [2.24, 2.45) is 0 Å². The monoisotopic (exact) mass is 350 g/mol. The van der Waals surface area contributed by atoms with Gasteiger partial charge in [0.05, 0.1) is 26.9 Å². The number of likely N-dealkylation sites (tertiary alicyclic amines) is 1. The van der Waals surface area contributed by atoms with E-state index >= 15 is 0 Å². The number of nitrogens with zero attached hydrogens (tertiary/aromatic N) is 2. The number of benzene rings is 1. The third kappa shape index (κ3) is 4.00. The van der Waals surface area contributed by atoms with E-state index in [1.54, 1.807) is 26.4 Å². The highest BCUT2D eigenvalue weighted by atomic mass is 16.5. The van der Waals surface area contributed by atoms with E-state index in [4.69, 9.17) is 14.2 Å². The van der Waals surface area contributed by atoms with E-state index in [-0.39, 0.29) is 11.9 Å². The van der Waals surface area contributed by atoms with Crippen LogP contribution in [0.3, 0.4) is 0 Å². The highest BCUT2D eigenvalue weighted by molar-refractivity contribution is 5.98. The van der Waals surface area contributed by atoms with Crippen molar-refractivity contribution in [3.05, 3.63) is 17.7 Å². The van der Waals surface area contributed by atoms with Gasteiger partial charge in [0.15, 0.2) is 11.5 Å². The lowest BCUT2D eigenvalue weighted by atomic mass is 10.0. The maximum Gasteiger partial charge on any atom is 0.257 e. The molecule has 1 amide bonds. The molecule has 2 rings (SSSR count). The van der Waals surface area contributed by atoms with Crippen molar-refractivity contribution < 1.29 is 19.0 Å². The molecule has 1 saturated heterocycles. The number of piperidine rings is 1. The van der Waals surface area contributed by atoms with E-state index in [2.05, 4.69) is 18.7 Å². The summed E-state index contributed by atoms with van der Waals surface area (Å²) in [5.41, 5.74) is 0.494. The van der Waals surface area contributed by atoms with Gasteiger partial charge in [0, 0.05) is 32.2 Å². The molecule has 140 valence electrons. The minimum absolute atomic E-state index is 0.0548. The van der Waals surface area contributed by atoms with Crippen LogP contribution in [0.1, 0.15) is 37.0 Å². The Kier molecular flexibility index (Phi) is 6.53. The van der Waals surface area contributed by atoms with Crippen molar-refractivity contribution in [2.75, 3.05) is 41.5 Å². The van der Waals surface area contributed by atoms with Gasteiger partial charge in [-0.2, -0.15) is 0 Å². The Hall–Kier alpha value is -1.95. The topological polar surface area (TPSA) is 51.2 Å². The number of methoxy groups -OCH3 is 3. The molecular formula is C19H30N2O4. The summed E-state index contributed by atoms with van der Waals surface area (Å²) < 4.78 is 16.1. The van der Waals surface area contributed by atoms with Crippen molar-refractivity contribution >= 4 is 5.91 Å². The third-order valence-corrected chi connectivity index (χ3v) is 5.03. The Balaban J connectivity index is 2.20. The highest BCUT2D eigenvalue weighted by Crippen LogP contribution is 2.40. The van der Waals surface area contributed by atoms with Gasteiger partial charge < -0.3 is 24.0 Å². The Labute approximate surface area is 150 Å². The molecule has 1 aromatic carbocycles. The summed E-state index contributed by atoms with van der Waals surface area (Å²) in [5.74, 6) is 1.35. The normalized spacial score (nSPS) is 16.0. The number of rotatable bonds is 6. The molecule has 0 N–H and O–H groups in total. The summed E-state index contributed by atoms with van der Waals surface area (Å²) in [4.78, 5) is 17.3. The maximum absolute atomic E-state index is 13.0. The predicted octanol–water partition coefficient (Wildman–Crippen LogP) is 2.66. The van der Waals surface area contributed by atoms with Gasteiger partial charge in [-0.15, -0.1) is 0 Å². The molecule has 1 fully saturated rings. The zero-order chi connectivity index (χ0) is 18.6. The molecule has 0 aliphatic carbocycles. The third-order valence-electron chi connectivity index (χ3n) is 5.03. The molecule has 25 heavy (non-hydrogen) atoms. The first kappa shape index (κ1) is 19.4. The zero-order valence-corrected chi connectivity index (χ0v) is 16.2. The highest BCUT2D eigenvalue weighted by Gasteiger charge is 2.29. The van der Waals surface area contributed by atoms with Crippen LogP contribution in [0.5, 0.6) is 17.2 Å². The van der Waals surface area contributed by atoms with Gasteiger partial charge in [0.25, 0.3) is 5.91 Å². The van der Waals surface area contributed by atoms with Crippen LogP contribution < -0.4 is 14.2 Å². The van der Waals surface area contributed by atoms with E-state index in [0.29, 0.717) is 28.9 Å². The Bertz CT molecular complexity index is 595. The summed E-state index contributed by atoms with van der Waals surface area (Å²) >= 11 is 0. The van der Waals surface area contributed by atoms with Crippen molar-refractivity contribution in [1.82, 2.24) is 9.80 Å². The smallest absolute Gasteiger partial charge is 0.257 e. The summed E-state index contributed by atoms with van der Waals surface area (Å²) in [5, 5.41) is 0. The second kappa shape index (κ2) is 8.43. The molecule has 0 radical (unpaired) electrons. The fourth-order valence-corrected chi connectivity index (χ4v) is 3.42. The number of hydrogen-bond donors (Lipinski definition) is 0. The lowest BCUT2D eigenvalue weighted by Crippen LogP contribution is -2.47. The Morgan fingerprint density at radius 1 is 1.08 bits per heavy atom. The van der Waals surface area contributed by atoms with Gasteiger partial charge in [0.1, 0.15) is 0 Å². The summed E-state index contributed by atoms with van der Waals surface area (Å²) in [6.45, 7) is 6.46. The van der Waals surface area contributed by atoms with Crippen molar-refractivity contribution in [1.29, 1.82) is 0 Å². The van der Waals surface area contributed by atoms with Crippen LogP contribution in [0.15, 0.2) is 12.1 Å². The largest absolute Gasteiger partial charge is 0.493 e. The second-order valence-electron chi connectivity index (χ2n) is 6.66. The first-order valence-electron chi connectivity index (χ1n) is 8.74. The van der Waals surface area contributed by atoms with Crippen LogP contribution in [-0.4, -0.2) is 69.3 Å². The molecule has 0 spiro atoms. The standard InChI is InChI=1S/C19H30N2O4/c1-13(2)21-11-9-14(10-12-21)20(3)19(22)15-7-8-16(23-4)18(25-6)17(15)24-5/h7-8,13-14H,9-12H2,1-6H3. The quantitative estimate of drug-likeness (QED) is 0.789. The molecule has 0 aromatic heterocycles. The van der Waals surface area contributed by atoms with Crippen LogP contribution >= 0.6 is 0 Å². The Morgan fingerprint density at radius 3 is 2.16 bits per heavy atom. The van der Waals surface area contributed by atoms with Crippen molar-refractivity contribution in [2.45, 2.75) is 38.8 Å². The van der Waals surface area contributed by atoms with Crippen LogP contribution in [0.2, 0.25) is 0 Å².